The molecule has 0 amide bonds. The summed E-state index contributed by atoms with van der Waals surface area (Å²) in [5.41, 5.74) is 0.619. The highest BCUT2D eigenvalue weighted by atomic mass is 35.5. The lowest BCUT2D eigenvalue weighted by Gasteiger charge is -2.11. The third-order valence-electron chi connectivity index (χ3n) is 2.82. The van der Waals surface area contributed by atoms with Gasteiger partial charge in [-0.2, -0.15) is 0 Å². The highest BCUT2D eigenvalue weighted by Gasteiger charge is 2.10. The lowest BCUT2D eigenvalue weighted by molar-refractivity contribution is 0.469. The van der Waals surface area contributed by atoms with E-state index in [1.807, 2.05) is 0 Å². The van der Waals surface area contributed by atoms with Gasteiger partial charge in [-0.15, -0.1) is 0 Å². The van der Waals surface area contributed by atoms with Crippen LogP contribution in [0.3, 0.4) is 0 Å². The van der Waals surface area contributed by atoms with Crippen molar-refractivity contribution in [3.63, 3.8) is 0 Å². The van der Waals surface area contributed by atoms with Crippen molar-refractivity contribution in [2.75, 3.05) is 5.32 Å². The van der Waals surface area contributed by atoms with Crippen molar-refractivity contribution in [2.45, 2.75) is 13.5 Å². The van der Waals surface area contributed by atoms with Gasteiger partial charge in [-0.25, -0.2) is 8.78 Å². The molecule has 0 spiro atoms. The molecule has 0 heterocycles. The zero-order valence-electron chi connectivity index (χ0n) is 10.5. The molecule has 0 atom stereocenters. The Morgan fingerprint density at radius 3 is 2.50 bits per heavy atom. The SMILES string of the molecule is Cc1cc(F)c(NCc2cc(Cl)cc(Cl)c2O)cc1F. The minimum atomic E-state index is -0.573. The number of aryl methyl sites for hydroxylation is 1. The van der Waals surface area contributed by atoms with E-state index in [0.29, 0.717) is 10.6 Å². The third-order valence-corrected chi connectivity index (χ3v) is 3.33. The number of benzene rings is 2. The summed E-state index contributed by atoms with van der Waals surface area (Å²) >= 11 is 11.6. The van der Waals surface area contributed by atoms with Crippen LogP contribution in [0.1, 0.15) is 11.1 Å². The first-order valence-corrected chi connectivity index (χ1v) is 6.50. The molecular weight excluding hydrogens is 307 g/mol. The average Bonchev–Trinajstić information content (AvgIpc) is 2.37. The molecule has 6 heteroatoms. The van der Waals surface area contributed by atoms with Gasteiger partial charge in [0, 0.05) is 23.2 Å². The lowest BCUT2D eigenvalue weighted by atomic mass is 10.1. The van der Waals surface area contributed by atoms with Crippen LogP contribution in [-0.2, 0) is 6.54 Å². The summed E-state index contributed by atoms with van der Waals surface area (Å²) in [4.78, 5) is 0. The van der Waals surface area contributed by atoms with E-state index >= 15 is 0 Å². The van der Waals surface area contributed by atoms with Crippen LogP contribution in [0.25, 0.3) is 0 Å². The van der Waals surface area contributed by atoms with Crippen LogP contribution in [0, 0.1) is 18.6 Å². The molecule has 2 N–H and O–H groups in total. The Kier molecular flexibility index (Phi) is 4.35. The number of aromatic hydroxyl groups is 1. The molecule has 0 saturated carbocycles. The molecule has 0 saturated heterocycles. The molecule has 2 aromatic carbocycles. The Morgan fingerprint density at radius 2 is 1.80 bits per heavy atom. The van der Waals surface area contributed by atoms with E-state index in [2.05, 4.69) is 5.32 Å². The number of hydrogen-bond donors (Lipinski definition) is 2. The maximum absolute atomic E-state index is 13.6. The Bertz CT molecular complexity index is 662. The van der Waals surface area contributed by atoms with E-state index in [4.69, 9.17) is 23.2 Å². The van der Waals surface area contributed by atoms with Crippen molar-refractivity contribution >= 4 is 28.9 Å². The third kappa shape index (κ3) is 3.14. The summed E-state index contributed by atoms with van der Waals surface area (Å²) in [6, 6.07) is 5.06. The van der Waals surface area contributed by atoms with Crippen molar-refractivity contribution in [3.8, 4) is 5.75 Å². The maximum atomic E-state index is 13.6. The largest absolute Gasteiger partial charge is 0.506 e. The van der Waals surface area contributed by atoms with Gasteiger partial charge in [-0.05, 0) is 30.7 Å². The Hall–Kier alpha value is -1.52. The highest BCUT2D eigenvalue weighted by Crippen LogP contribution is 2.31. The van der Waals surface area contributed by atoms with Gasteiger partial charge in [0.05, 0.1) is 10.7 Å². The zero-order chi connectivity index (χ0) is 14.9. The Morgan fingerprint density at radius 1 is 1.10 bits per heavy atom. The first-order chi connectivity index (χ1) is 9.38. The molecule has 0 aromatic heterocycles. The van der Waals surface area contributed by atoms with Crippen LogP contribution < -0.4 is 5.32 Å². The summed E-state index contributed by atoms with van der Waals surface area (Å²) in [5, 5.41) is 12.9. The van der Waals surface area contributed by atoms with Gasteiger partial charge >= 0.3 is 0 Å². The molecule has 20 heavy (non-hydrogen) atoms. The number of rotatable bonds is 3. The number of halogens is 4. The number of phenols is 1. The van der Waals surface area contributed by atoms with Crippen LogP contribution in [0.15, 0.2) is 24.3 Å². The molecule has 2 nitrogen and oxygen atoms in total. The van der Waals surface area contributed by atoms with E-state index in [0.717, 1.165) is 12.1 Å². The first kappa shape index (κ1) is 14.9. The van der Waals surface area contributed by atoms with Gasteiger partial charge < -0.3 is 10.4 Å². The van der Waals surface area contributed by atoms with Crippen LogP contribution in [0.5, 0.6) is 5.75 Å². The van der Waals surface area contributed by atoms with E-state index in [1.165, 1.54) is 19.1 Å². The fourth-order valence-corrected chi connectivity index (χ4v) is 2.26. The van der Waals surface area contributed by atoms with Crippen LogP contribution in [0.2, 0.25) is 10.0 Å². The molecule has 0 radical (unpaired) electrons. The topological polar surface area (TPSA) is 32.3 Å². The lowest BCUT2D eigenvalue weighted by Crippen LogP contribution is -2.03. The van der Waals surface area contributed by atoms with Gasteiger partial charge in [-0.1, -0.05) is 23.2 Å². The molecule has 2 aromatic rings. The highest BCUT2D eigenvalue weighted by molar-refractivity contribution is 6.35. The number of anilines is 1. The predicted molar refractivity (Wildman–Crippen MR) is 76.5 cm³/mol. The smallest absolute Gasteiger partial charge is 0.146 e. The van der Waals surface area contributed by atoms with E-state index < -0.39 is 11.6 Å². The zero-order valence-corrected chi connectivity index (χ0v) is 12.0. The Labute approximate surface area is 125 Å². The molecule has 0 aliphatic heterocycles. The average molecular weight is 318 g/mol. The van der Waals surface area contributed by atoms with Crippen LogP contribution in [-0.4, -0.2) is 5.11 Å². The van der Waals surface area contributed by atoms with Gasteiger partial charge in [0.25, 0.3) is 0 Å². The second-order valence-electron chi connectivity index (χ2n) is 4.33. The van der Waals surface area contributed by atoms with Crippen molar-refractivity contribution in [1.29, 1.82) is 0 Å². The molecule has 106 valence electrons. The van der Waals surface area contributed by atoms with Gasteiger partial charge in [0.2, 0.25) is 0 Å². The quantitative estimate of drug-likeness (QED) is 0.844. The molecule has 0 aliphatic rings. The monoisotopic (exact) mass is 317 g/mol. The second kappa shape index (κ2) is 5.85. The van der Waals surface area contributed by atoms with Crippen molar-refractivity contribution in [1.82, 2.24) is 0 Å². The summed E-state index contributed by atoms with van der Waals surface area (Å²) in [6.45, 7) is 1.54. The van der Waals surface area contributed by atoms with Crippen molar-refractivity contribution in [2.24, 2.45) is 0 Å². The van der Waals surface area contributed by atoms with Crippen LogP contribution in [0.4, 0.5) is 14.5 Å². The minimum Gasteiger partial charge on any atom is -0.506 e. The van der Waals surface area contributed by atoms with E-state index in [-0.39, 0.29) is 28.6 Å². The normalized spacial score (nSPS) is 10.7. The van der Waals surface area contributed by atoms with E-state index in [1.54, 1.807) is 0 Å². The molecule has 2 rings (SSSR count). The standard InChI is InChI=1S/C14H11Cl2F2NO/c1-7-2-12(18)13(5-11(7)17)19-6-8-3-9(15)4-10(16)14(8)20/h2-5,19-20H,6H2,1H3. The van der Waals surface area contributed by atoms with Crippen molar-refractivity contribution in [3.05, 3.63) is 57.1 Å². The number of hydrogen-bond acceptors (Lipinski definition) is 2. The molecule has 0 fully saturated rings. The summed E-state index contributed by atoms with van der Waals surface area (Å²) in [6.07, 6.45) is 0. The van der Waals surface area contributed by atoms with Crippen molar-refractivity contribution < 1.29 is 13.9 Å². The molecule has 0 bridgehead atoms. The van der Waals surface area contributed by atoms with Gasteiger partial charge in [-0.3, -0.25) is 0 Å². The maximum Gasteiger partial charge on any atom is 0.146 e. The molecular formula is C14H11Cl2F2NO. The van der Waals surface area contributed by atoms with E-state index in [9.17, 15) is 13.9 Å². The first-order valence-electron chi connectivity index (χ1n) is 5.75. The van der Waals surface area contributed by atoms with Gasteiger partial charge in [0.15, 0.2) is 0 Å². The second-order valence-corrected chi connectivity index (χ2v) is 5.17. The van der Waals surface area contributed by atoms with Gasteiger partial charge in [0.1, 0.15) is 17.4 Å². The summed E-state index contributed by atoms with van der Waals surface area (Å²) in [7, 11) is 0. The molecule has 0 aliphatic carbocycles. The minimum absolute atomic E-state index is 0.00333. The Balaban J connectivity index is 2.23. The molecule has 0 unspecified atom stereocenters. The fraction of sp³-hybridized carbons (Fsp3) is 0.143. The predicted octanol–water partition coefficient (Wildman–Crippen LogP) is 4.90. The summed E-state index contributed by atoms with van der Waals surface area (Å²) < 4.78 is 27.0. The fourth-order valence-electron chi connectivity index (χ4n) is 1.73. The number of phenolic OH excluding ortho intramolecular Hbond substituents is 1. The number of nitrogens with one attached hydrogen (secondary N) is 1. The summed E-state index contributed by atoms with van der Waals surface area (Å²) in [5.74, 6) is -1.23. The van der Waals surface area contributed by atoms with Crippen LogP contribution >= 0.6 is 23.2 Å².